The van der Waals surface area contributed by atoms with Crippen LogP contribution in [0.3, 0.4) is 0 Å². The standard InChI is InChI=1S/C10H16O2/c1-2-3-4-5-10(11)12-8-9-6-7-9/h4-5,9H,2-3,6-8H2,1H3. The van der Waals surface area contributed by atoms with Crippen LogP contribution in [0.2, 0.25) is 0 Å². The summed E-state index contributed by atoms with van der Waals surface area (Å²) in [6, 6.07) is 0. The van der Waals surface area contributed by atoms with Crippen LogP contribution >= 0.6 is 0 Å². The number of rotatable bonds is 5. The first kappa shape index (κ1) is 9.30. The lowest BCUT2D eigenvalue weighted by Gasteiger charge is -1.97. The van der Waals surface area contributed by atoms with Gasteiger partial charge in [-0.1, -0.05) is 19.4 Å². The lowest BCUT2D eigenvalue weighted by Crippen LogP contribution is -2.03. The van der Waals surface area contributed by atoms with Crippen molar-refractivity contribution in [1.82, 2.24) is 0 Å². The summed E-state index contributed by atoms with van der Waals surface area (Å²) in [5.74, 6) is 0.476. The fraction of sp³-hybridized carbons (Fsp3) is 0.700. The molecule has 2 nitrogen and oxygen atoms in total. The number of carbonyl (C=O) groups excluding carboxylic acids is 1. The smallest absolute Gasteiger partial charge is 0.330 e. The van der Waals surface area contributed by atoms with Crippen LogP contribution in [-0.2, 0) is 9.53 Å². The zero-order valence-corrected chi connectivity index (χ0v) is 7.58. The highest BCUT2D eigenvalue weighted by atomic mass is 16.5. The van der Waals surface area contributed by atoms with Crippen molar-refractivity contribution in [3.05, 3.63) is 12.2 Å². The zero-order valence-electron chi connectivity index (χ0n) is 7.58. The Morgan fingerprint density at radius 3 is 2.92 bits per heavy atom. The van der Waals surface area contributed by atoms with Gasteiger partial charge in [-0.2, -0.15) is 0 Å². The van der Waals surface area contributed by atoms with Gasteiger partial charge in [-0.15, -0.1) is 0 Å². The highest BCUT2D eigenvalue weighted by Gasteiger charge is 2.22. The number of allylic oxidation sites excluding steroid dienone is 1. The average Bonchev–Trinajstić information content (AvgIpc) is 2.84. The van der Waals surface area contributed by atoms with Crippen LogP contribution in [-0.4, -0.2) is 12.6 Å². The molecule has 1 fully saturated rings. The van der Waals surface area contributed by atoms with Crippen LogP contribution in [0.25, 0.3) is 0 Å². The van der Waals surface area contributed by atoms with E-state index in [2.05, 4.69) is 6.92 Å². The highest BCUT2D eigenvalue weighted by molar-refractivity contribution is 5.81. The summed E-state index contributed by atoms with van der Waals surface area (Å²) in [5.41, 5.74) is 0. The number of hydrogen-bond acceptors (Lipinski definition) is 2. The summed E-state index contributed by atoms with van der Waals surface area (Å²) in [4.78, 5) is 10.9. The zero-order chi connectivity index (χ0) is 8.81. The summed E-state index contributed by atoms with van der Waals surface area (Å²) in [5, 5.41) is 0. The Morgan fingerprint density at radius 2 is 2.33 bits per heavy atom. The molecule has 1 aliphatic carbocycles. The SMILES string of the molecule is CCCC=CC(=O)OCC1CC1. The molecular formula is C10H16O2. The average molecular weight is 168 g/mol. The molecule has 0 aromatic carbocycles. The quantitative estimate of drug-likeness (QED) is 0.465. The maximum atomic E-state index is 10.9. The second kappa shape index (κ2) is 4.96. The monoisotopic (exact) mass is 168 g/mol. The van der Waals surface area contributed by atoms with Crippen molar-refractivity contribution in [2.24, 2.45) is 5.92 Å². The lowest BCUT2D eigenvalue weighted by molar-refractivity contribution is -0.138. The highest BCUT2D eigenvalue weighted by Crippen LogP contribution is 2.28. The molecule has 0 spiro atoms. The van der Waals surface area contributed by atoms with Crippen molar-refractivity contribution in [2.45, 2.75) is 32.6 Å². The summed E-state index contributed by atoms with van der Waals surface area (Å²) < 4.78 is 4.99. The molecule has 0 unspecified atom stereocenters. The molecule has 0 aromatic heterocycles. The summed E-state index contributed by atoms with van der Waals surface area (Å²) >= 11 is 0. The number of esters is 1. The van der Waals surface area contributed by atoms with Gasteiger partial charge < -0.3 is 4.74 Å². The molecule has 0 amide bonds. The van der Waals surface area contributed by atoms with Crippen molar-refractivity contribution >= 4 is 5.97 Å². The van der Waals surface area contributed by atoms with E-state index >= 15 is 0 Å². The Kier molecular flexibility index (Phi) is 3.85. The van der Waals surface area contributed by atoms with Crippen molar-refractivity contribution in [1.29, 1.82) is 0 Å². The van der Waals surface area contributed by atoms with E-state index in [4.69, 9.17) is 4.74 Å². The maximum absolute atomic E-state index is 10.9. The number of ether oxygens (including phenoxy) is 1. The van der Waals surface area contributed by atoms with E-state index in [1.807, 2.05) is 6.08 Å². The minimum atomic E-state index is -0.185. The van der Waals surface area contributed by atoms with E-state index in [0.29, 0.717) is 12.5 Å². The summed E-state index contributed by atoms with van der Waals surface area (Å²) in [6.45, 7) is 2.70. The van der Waals surface area contributed by atoms with E-state index in [1.165, 1.54) is 18.9 Å². The maximum Gasteiger partial charge on any atom is 0.330 e. The minimum Gasteiger partial charge on any atom is -0.462 e. The van der Waals surface area contributed by atoms with Gasteiger partial charge in [-0.3, -0.25) is 0 Å². The predicted molar refractivity (Wildman–Crippen MR) is 47.7 cm³/mol. The third kappa shape index (κ3) is 4.16. The topological polar surface area (TPSA) is 26.3 Å². The van der Waals surface area contributed by atoms with Crippen molar-refractivity contribution in [3.8, 4) is 0 Å². The summed E-state index contributed by atoms with van der Waals surface area (Å²) in [7, 11) is 0. The molecular weight excluding hydrogens is 152 g/mol. The molecule has 1 saturated carbocycles. The molecule has 0 heterocycles. The van der Waals surface area contributed by atoms with E-state index in [1.54, 1.807) is 0 Å². The number of unbranched alkanes of at least 4 members (excludes halogenated alkanes) is 1. The normalized spacial score (nSPS) is 16.8. The van der Waals surface area contributed by atoms with E-state index in [-0.39, 0.29) is 5.97 Å². The largest absolute Gasteiger partial charge is 0.462 e. The van der Waals surface area contributed by atoms with Gasteiger partial charge in [0.05, 0.1) is 6.61 Å². The van der Waals surface area contributed by atoms with Crippen molar-refractivity contribution < 1.29 is 9.53 Å². The third-order valence-corrected chi connectivity index (χ3v) is 1.87. The van der Waals surface area contributed by atoms with E-state index in [0.717, 1.165) is 12.8 Å². The molecule has 0 aliphatic heterocycles. The fourth-order valence-corrected chi connectivity index (χ4v) is 0.879. The number of carbonyl (C=O) groups is 1. The molecule has 0 bridgehead atoms. The van der Waals surface area contributed by atoms with Crippen LogP contribution in [0.15, 0.2) is 12.2 Å². The first-order valence-electron chi connectivity index (χ1n) is 4.66. The Bertz CT molecular complexity index is 169. The molecule has 1 rings (SSSR count). The second-order valence-corrected chi connectivity index (χ2v) is 3.26. The summed E-state index contributed by atoms with van der Waals surface area (Å²) in [6.07, 6.45) is 7.89. The third-order valence-electron chi connectivity index (χ3n) is 1.87. The van der Waals surface area contributed by atoms with Gasteiger partial charge in [0, 0.05) is 6.08 Å². The van der Waals surface area contributed by atoms with Crippen molar-refractivity contribution in [2.75, 3.05) is 6.61 Å². The molecule has 2 heteroatoms. The fourth-order valence-electron chi connectivity index (χ4n) is 0.879. The molecule has 0 aromatic rings. The molecule has 12 heavy (non-hydrogen) atoms. The minimum absolute atomic E-state index is 0.185. The Hall–Kier alpha value is -0.790. The van der Waals surface area contributed by atoms with Gasteiger partial charge in [0.15, 0.2) is 0 Å². The van der Waals surface area contributed by atoms with Crippen LogP contribution in [0, 0.1) is 5.92 Å². The van der Waals surface area contributed by atoms with Crippen LogP contribution in [0.4, 0.5) is 0 Å². The van der Waals surface area contributed by atoms with Crippen LogP contribution in [0.1, 0.15) is 32.6 Å². The van der Waals surface area contributed by atoms with Gasteiger partial charge in [0.2, 0.25) is 0 Å². The second-order valence-electron chi connectivity index (χ2n) is 3.26. The van der Waals surface area contributed by atoms with Gasteiger partial charge >= 0.3 is 5.97 Å². The van der Waals surface area contributed by atoms with Crippen LogP contribution < -0.4 is 0 Å². The molecule has 1 aliphatic rings. The first-order valence-corrected chi connectivity index (χ1v) is 4.66. The molecule has 0 saturated heterocycles. The van der Waals surface area contributed by atoms with E-state index < -0.39 is 0 Å². The predicted octanol–water partition coefficient (Wildman–Crippen LogP) is 2.30. The molecule has 0 N–H and O–H groups in total. The van der Waals surface area contributed by atoms with Gasteiger partial charge in [0.25, 0.3) is 0 Å². The Labute approximate surface area is 73.6 Å². The van der Waals surface area contributed by atoms with Gasteiger partial charge in [-0.05, 0) is 25.2 Å². The molecule has 0 atom stereocenters. The van der Waals surface area contributed by atoms with E-state index in [9.17, 15) is 4.79 Å². The van der Waals surface area contributed by atoms with Gasteiger partial charge in [-0.25, -0.2) is 4.79 Å². The molecule has 0 radical (unpaired) electrons. The van der Waals surface area contributed by atoms with Crippen molar-refractivity contribution in [3.63, 3.8) is 0 Å². The first-order chi connectivity index (χ1) is 5.83. The Balaban J connectivity index is 2.01. The van der Waals surface area contributed by atoms with Gasteiger partial charge in [0.1, 0.15) is 0 Å². The molecule has 68 valence electrons. The van der Waals surface area contributed by atoms with Crippen LogP contribution in [0.5, 0.6) is 0 Å². The number of hydrogen-bond donors (Lipinski definition) is 0. The lowest BCUT2D eigenvalue weighted by atomic mass is 10.3. The Morgan fingerprint density at radius 1 is 1.58 bits per heavy atom.